The second-order valence-corrected chi connectivity index (χ2v) is 7.05. The van der Waals surface area contributed by atoms with Crippen LogP contribution in [0.5, 0.6) is 0 Å². The fraction of sp³-hybridized carbons (Fsp3) is 0.400. The van der Waals surface area contributed by atoms with E-state index >= 15 is 0 Å². The molecule has 1 fully saturated rings. The molecule has 0 aliphatic carbocycles. The number of furan rings is 1. The van der Waals surface area contributed by atoms with E-state index in [0.29, 0.717) is 37.6 Å². The standard InChI is InChI=1S/C20H22ClNO4/c1-2-25-19(24)20(13-15-6-3-7-16(21)12-15)9-5-10-22(14-20)18(23)17-8-4-11-26-17/h3-4,6-8,11-12H,2,5,9-10,13-14H2,1H3. The number of amides is 1. The van der Waals surface area contributed by atoms with Crippen LogP contribution in [0.2, 0.25) is 5.02 Å². The van der Waals surface area contributed by atoms with E-state index in [2.05, 4.69) is 0 Å². The third-order valence-electron chi connectivity index (χ3n) is 4.74. The van der Waals surface area contributed by atoms with Gasteiger partial charge in [-0.05, 0) is 56.0 Å². The Morgan fingerprint density at radius 3 is 2.85 bits per heavy atom. The summed E-state index contributed by atoms with van der Waals surface area (Å²) in [6.45, 7) is 3.00. The lowest BCUT2D eigenvalue weighted by Crippen LogP contribution is -2.51. The fourth-order valence-corrected chi connectivity index (χ4v) is 3.78. The first kappa shape index (κ1) is 18.5. The highest BCUT2D eigenvalue weighted by atomic mass is 35.5. The topological polar surface area (TPSA) is 59.8 Å². The first-order valence-electron chi connectivity index (χ1n) is 8.78. The number of piperidine rings is 1. The van der Waals surface area contributed by atoms with Gasteiger partial charge in [-0.3, -0.25) is 9.59 Å². The molecule has 1 aliphatic heterocycles. The van der Waals surface area contributed by atoms with Crippen molar-refractivity contribution < 1.29 is 18.7 Å². The number of hydrogen-bond donors (Lipinski definition) is 0. The number of rotatable bonds is 5. The average molecular weight is 376 g/mol. The van der Waals surface area contributed by atoms with Gasteiger partial charge in [0.05, 0.1) is 18.3 Å². The molecular weight excluding hydrogens is 354 g/mol. The zero-order chi connectivity index (χ0) is 18.6. The normalized spacial score (nSPS) is 20.0. The highest BCUT2D eigenvalue weighted by molar-refractivity contribution is 6.30. The van der Waals surface area contributed by atoms with Crippen LogP contribution in [0.4, 0.5) is 0 Å². The van der Waals surface area contributed by atoms with Crippen LogP contribution in [0.3, 0.4) is 0 Å². The van der Waals surface area contributed by atoms with Gasteiger partial charge in [-0.2, -0.15) is 0 Å². The smallest absolute Gasteiger partial charge is 0.314 e. The summed E-state index contributed by atoms with van der Waals surface area (Å²) in [6, 6.07) is 10.8. The zero-order valence-electron chi connectivity index (χ0n) is 14.7. The molecule has 26 heavy (non-hydrogen) atoms. The van der Waals surface area contributed by atoms with Gasteiger partial charge in [0.25, 0.3) is 5.91 Å². The molecule has 6 heteroatoms. The monoisotopic (exact) mass is 375 g/mol. The van der Waals surface area contributed by atoms with E-state index in [1.165, 1.54) is 6.26 Å². The van der Waals surface area contributed by atoms with Crippen LogP contribution in [0, 0.1) is 5.41 Å². The van der Waals surface area contributed by atoms with Gasteiger partial charge in [0.2, 0.25) is 0 Å². The van der Waals surface area contributed by atoms with Crippen molar-refractivity contribution >= 4 is 23.5 Å². The molecule has 0 saturated carbocycles. The van der Waals surface area contributed by atoms with E-state index in [4.69, 9.17) is 20.8 Å². The predicted molar refractivity (Wildman–Crippen MR) is 98.1 cm³/mol. The molecule has 5 nitrogen and oxygen atoms in total. The summed E-state index contributed by atoms with van der Waals surface area (Å²) in [5.41, 5.74) is 0.180. The van der Waals surface area contributed by atoms with Crippen LogP contribution in [0.25, 0.3) is 0 Å². The third-order valence-corrected chi connectivity index (χ3v) is 4.97. The van der Waals surface area contributed by atoms with Crippen LogP contribution < -0.4 is 0 Å². The summed E-state index contributed by atoms with van der Waals surface area (Å²) >= 11 is 6.10. The molecule has 0 spiro atoms. The van der Waals surface area contributed by atoms with Crippen molar-refractivity contribution in [2.75, 3.05) is 19.7 Å². The first-order chi connectivity index (χ1) is 12.5. The van der Waals surface area contributed by atoms with Gasteiger partial charge in [-0.25, -0.2) is 0 Å². The quantitative estimate of drug-likeness (QED) is 0.742. The molecule has 3 rings (SSSR count). The number of hydrogen-bond acceptors (Lipinski definition) is 4. The highest BCUT2D eigenvalue weighted by Gasteiger charge is 2.45. The molecule has 1 atom stereocenters. The minimum atomic E-state index is -0.777. The Morgan fingerprint density at radius 2 is 2.15 bits per heavy atom. The van der Waals surface area contributed by atoms with Gasteiger partial charge in [-0.15, -0.1) is 0 Å². The maximum Gasteiger partial charge on any atom is 0.314 e. The third kappa shape index (κ3) is 3.93. The molecule has 1 unspecified atom stereocenters. The number of nitrogens with zero attached hydrogens (tertiary/aromatic N) is 1. The van der Waals surface area contributed by atoms with Gasteiger partial charge in [0, 0.05) is 18.1 Å². The van der Waals surface area contributed by atoms with Crippen LogP contribution in [0.1, 0.15) is 35.9 Å². The average Bonchev–Trinajstić information content (AvgIpc) is 3.16. The summed E-state index contributed by atoms with van der Waals surface area (Å²) in [6.07, 6.45) is 3.35. The molecule has 2 aromatic rings. The Labute approximate surface area is 157 Å². The Morgan fingerprint density at radius 1 is 1.31 bits per heavy atom. The summed E-state index contributed by atoms with van der Waals surface area (Å²) < 4.78 is 10.6. The molecule has 0 bridgehead atoms. The number of carbonyl (C=O) groups excluding carboxylic acids is 2. The van der Waals surface area contributed by atoms with Crippen LogP contribution in [0.15, 0.2) is 47.1 Å². The van der Waals surface area contributed by atoms with Gasteiger partial charge in [0.15, 0.2) is 5.76 Å². The lowest BCUT2D eigenvalue weighted by Gasteiger charge is -2.40. The maximum absolute atomic E-state index is 12.8. The lowest BCUT2D eigenvalue weighted by molar-refractivity contribution is -0.158. The number of halogens is 1. The number of benzene rings is 1. The van der Waals surface area contributed by atoms with E-state index in [1.807, 2.05) is 18.2 Å². The van der Waals surface area contributed by atoms with Crippen molar-refractivity contribution in [2.24, 2.45) is 5.41 Å². The Hall–Kier alpha value is -2.27. The molecule has 1 aliphatic rings. The number of carbonyl (C=O) groups is 2. The largest absolute Gasteiger partial charge is 0.466 e. The van der Waals surface area contributed by atoms with Gasteiger partial charge in [0.1, 0.15) is 0 Å². The molecular formula is C20H22ClNO4. The summed E-state index contributed by atoms with van der Waals surface area (Å²) in [4.78, 5) is 27.2. The van der Waals surface area contributed by atoms with Crippen LogP contribution in [-0.2, 0) is 16.0 Å². The van der Waals surface area contributed by atoms with Crippen molar-refractivity contribution in [1.82, 2.24) is 4.90 Å². The number of esters is 1. The van der Waals surface area contributed by atoms with Crippen molar-refractivity contribution in [3.8, 4) is 0 Å². The second kappa shape index (κ2) is 7.96. The molecule has 138 valence electrons. The predicted octanol–water partition coefficient (Wildman–Crippen LogP) is 3.96. The summed E-state index contributed by atoms with van der Waals surface area (Å²) in [5.74, 6) is -0.182. The SMILES string of the molecule is CCOC(=O)C1(Cc2cccc(Cl)c2)CCCN(C(=O)c2ccco2)C1. The molecule has 1 saturated heterocycles. The van der Waals surface area contributed by atoms with E-state index in [9.17, 15) is 9.59 Å². The molecule has 0 N–H and O–H groups in total. The van der Waals surface area contributed by atoms with E-state index in [0.717, 1.165) is 12.0 Å². The molecule has 0 radical (unpaired) electrons. The zero-order valence-corrected chi connectivity index (χ0v) is 15.5. The molecule has 1 amide bonds. The Balaban J connectivity index is 1.87. The van der Waals surface area contributed by atoms with Crippen molar-refractivity contribution in [3.05, 3.63) is 59.0 Å². The van der Waals surface area contributed by atoms with Crippen LogP contribution >= 0.6 is 11.6 Å². The minimum absolute atomic E-state index is 0.200. The molecule has 2 heterocycles. The van der Waals surface area contributed by atoms with E-state index in [-0.39, 0.29) is 17.6 Å². The molecule has 1 aromatic heterocycles. The van der Waals surface area contributed by atoms with E-state index in [1.54, 1.807) is 30.0 Å². The van der Waals surface area contributed by atoms with Gasteiger partial charge >= 0.3 is 5.97 Å². The number of likely N-dealkylation sites (tertiary alicyclic amines) is 1. The van der Waals surface area contributed by atoms with Crippen molar-refractivity contribution in [1.29, 1.82) is 0 Å². The summed E-state index contributed by atoms with van der Waals surface area (Å²) in [5, 5.41) is 0.626. The van der Waals surface area contributed by atoms with E-state index < -0.39 is 5.41 Å². The van der Waals surface area contributed by atoms with Gasteiger partial charge in [-0.1, -0.05) is 23.7 Å². The maximum atomic E-state index is 12.8. The summed E-state index contributed by atoms with van der Waals surface area (Å²) in [7, 11) is 0. The fourth-order valence-electron chi connectivity index (χ4n) is 3.57. The van der Waals surface area contributed by atoms with Crippen molar-refractivity contribution in [3.63, 3.8) is 0 Å². The van der Waals surface area contributed by atoms with Gasteiger partial charge < -0.3 is 14.1 Å². The number of ether oxygens (including phenoxy) is 1. The highest BCUT2D eigenvalue weighted by Crippen LogP contribution is 2.36. The van der Waals surface area contributed by atoms with Crippen molar-refractivity contribution in [2.45, 2.75) is 26.2 Å². The first-order valence-corrected chi connectivity index (χ1v) is 9.16. The Bertz CT molecular complexity index is 774. The Kier molecular flexibility index (Phi) is 5.67. The second-order valence-electron chi connectivity index (χ2n) is 6.62. The van der Waals surface area contributed by atoms with Crippen LogP contribution in [-0.4, -0.2) is 36.5 Å². The lowest BCUT2D eigenvalue weighted by atomic mass is 9.75. The minimum Gasteiger partial charge on any atom is -0.466 e. The molecule has 1 aromatic carbocycles.